The molecule has 1 aliphatic carbocycles. The number of hydrogen-bond donors (Lipinski definition) is 0. The van der Waals surface area contributed by atoms with Crippen LogP contribution in [0.15, 0.2) is 83.9 Å². The van der Waals surface area contributed by atoms with Crippen LogP contribution in [0, 0.1) is 5.92 Å². The van der Waals surface area contributed by atoms with Gasteiger partial charge in [0.05, 0.1) is 6.04 Å². The molecule has 4 heteroatoms. The van der Waals surface area contributed by atoms with E-state index in [1.165, 1.54) is 29.9 Å². The number of nitrogens with zero attached hydrogens (tertiary/aromatic N) is 1. The van der Waals surface area contributed by atoms with E-state index >= 15 is 0 Å². The molecule has 1 heterocycles. The molecule has 0 radical (unpaired) electrons. The maximum absolute atomic E-state index is 6.16. The highest BCUT2D eigenvalue weighted by atomic mass is 35.5. The number of ether oxygens (including phenoxy) is 1. The van der Waals surface area contributed by atoms with Crippen molar-refractivity contribution in [2.45, 2.75) is 44.5 Å². The van der Waals surface area contributed by atoms with Crippen LogP contribution in [0.25, 0.3) is 0 Å². The van der Waals surface area contributed by atoms with E-state index in [1.807, 2.05) is 18.2 Å². The lowest BCUT2D eigenvalue weighted by Crippen LogP contribution is -2.30. The van der Waals surface area contributed by atoms with Gasteiger partial charge in [0.15, 0.2) is 0 Å². The van der Waals surface area contributed by atoms with Crippen molar-refractivity contribution >= 4 is 36.0 Å². The molecule has 3 aromatic rings. The molecular formula is C27H27ClNOP. The zero-order valence-electron chi connectivity index (χ0n) is 17.7. The first kappa shape index (κ1) is 20.7. The molecule has 2 unspecified atom stereocenters. The van der Waals surface area contributed by atoms with Crippen LogP contribution in [-0.4, -0.2) is 17.6 Å². The molecule has 1 fully saturated rings. The second kappa shape index (κ2) is 9.15. The zero-order valence-corrected chi connectivity index (χ0v) is 19.4. The van der Waals surface area contributed by atoms with Crippen LogP contribution >= 0.6 is 19.5 Å². The van der Waals surface area contributed by atoms with Gasteiger partial charge >= 0.3 is 0 Å². The Hall–Kier alpha value is -2.15. The summed E-state index contributed by atoms with van der Waals surface area (Å²) in [5.74, 6) is 1.34. The molecular weight excluding hydrogens is 421 g/mol. The van der Waals surface area contributed by atoms with Crippen molar-refractivity contribution in [2.75, 3.05) is 0 Å². The van der Waals surface area contributed by atoms with E-state index in [9.17, 15) is 0 Å². The molecule has 3 atom stereocenters. The van der Waals surface area contributed by atoms with Gasteiger partial charge in [0.25, 0.3) is 0 Å². The van der Waals surface area contributed by atoms with E-state index in [0.29, 0.717) is 18.2 Å². The molecule has 2 aliphatic rings. The van der Waals surface area contributed by atoms with E-state index < -0.39 is 7.92 Å². The zero-order chi connectivity index (χ0) is 21.2. The molecule has 158 valence electrons. The fraction of sp³-hybridized carbons (Fsp3) is 0.296. The standard InChI is InChI=1S/C27H27ClNOP/c1-19(29-27-25-16-15-21(28)17-20(25)18-30-27)24-13-8-14-26(24)31(22-9-4-2-5-10-22)23-11-6-3-7-12-23/h2-7,9-12,15-17,19,24,26H,8,13-14,18H2,1H3/t19-,24?,26?/m1/s1. The lowest BCUT2D eigenvalue weighted by Gasteiger charge is -2.32. The lowest BCUT2D eigenvalue weighted by atomic mass is 9.99. The fourth-order valence-corrected chi connectivity index (χ4v) is 8.53. The Bertz CT molecular complexity index is 1030. The fourth-order valence-electron chi connectivity index (χ4n) is 5.06. The minimum atomic E-state index is -0.426. The highest BCUT2D eigenvalue weighted by Gasteiger charge is 2.38. The smallest absolute Gasteiger partial charge is 0.217 e. The molecule has 0 N–H and O–H groups in total. The van der Waals surface area contributed by atoms with Gasteiger partial charge in [0.2, 0.25) is 5.90 Å². The summed E-state index contributed by atoms with van der Waals surface area (Å²) in [7, 11) is -0.426. The van der Waals surface area contributed by atoms with Gasteiger partial charge in [-0.25, -0.2) is 4.99 Å². The average molecular weight is 448 g/mol. The molecule has 0 saturated heterocycles. The Balaban J connectivity index is 1.46. The number of halogens is 1. The molecule has 1 saturated carbocycles. The highest BCUT2D eigenvalue weighted by molar-refractivity contribution is 7.73. The third-order valence-corrected chi connectivity index (χ3v) is 9.78. The third kappa shape index (κ3) is 4.29. The Kier molecular flexibility index (Phi) is 6.12. The number of hydrogen-bond acceptors (Lipinski definition) is 2. The molecule has 0 aromatic heterocycles. The van der Waals surface area contributed by atoms with Crippen molar-refractivity contribution in [1.82, 2.24) is 0 Å². The molecule has 0 amide bonds. The van der Waals surface area contributed by atoms with E-state index in [-0.39, 0.29) is 6.04 Å². The van der Waals surface area contributed by atoms with Gasteiger partial charge in [-0.1, -0.05) is 78.7 Å². The van der Waals surface area contributed by atoms with Gasteiger partial charge in [0.1, 0.15) is 6.61 Å². The lowest BCUT2D eigenvalue weighted by molar-refractivity contribution is 0.307. The summed E-state index contributed by atoms with van der Waals surface area (Å²) in [6.45, 7) is 2.84. The normalized spacial score (nSPS) is 22.5. The first-order valence-electron chi connectivity index (χ1n) is 11.1. The van der Waals surface area contributed by atoms with Crippen molar-refractivity contribution in [2.24, 2.45) is 10.9 Å². The van der Waals surface area contributed by atoms with Gasteiger partial charge in [-0.05, 0) is 68.1 Å². The Morgan fingerprint density at radius 3 is 2.29 bits per heavy atom. The van der Waals surface area contributed by atoms with E-state index in [0.717, 1.165) is 22.0 Å². The first-order chi connectivity index (χ1) is 15.2. The van der Waals surface area contributed by atoms with Crippen LogP contribution < -0.4 is 10.6 Å². The predicted octanol–water partition coefficient (Wildman–Crippen LogP) is 6.31. The van der Waals surface area contributed by atoms with Crippen molar-refractivity contribution in [3.63, 3.8) is 0 Å². The molecule has 2 nitrogen and oxygen atoms in total. The molecule has 31 heavy (non-hydrogen) atoms. The monoisotopic (exact) mass is 447 g/mol. The Morgan fingerprint density at radius 2 is 1.61 bits per heavy atom. The number of benzene rings is 3. The SMILES string of the molecule is C[C@@H](N=C1OCc2cc(Cl)ccc21)C1CCCC1P(c1ccccc1)c1ccccc1. The topological polar surface area (TPSA) is 21.6 Å². The summed E-state index contributed by atoms with van der Waals surface area (Å²) >= 11 is 6.16. The first-order valence-corrected chi connectivity index (χ1v) is 12.9. The quantitative estimate of drug-likeness (QED) is 0.420. The summed E-state index contributed by atoms with van der Waals surface area (Å²) in [6, 6.07) is 28.4. The van der Waals surface area contributed by atoms with Crippen molar-refractivity contribution in [3.8, 4) is 0 Å². The molecule has 1 aliphatic heterocycles. The summed E-state index contributed by atoms with van der Waals surface area (Å²) in [5, 5.41) is 3.69. The van der Waals surface area contributed by atoms with Gasteiger partial charge in [-0.3, -0.25) is 0 Å². The average Bonchev–Trinajstić information content (AvgIpc) is 3.43. The van der Waals surface area contributed by atoms with Gasteiger partial charge in [-0.15, -0.1) is 0 Å². The van der Waals surface area contributed by atoms with Crippen LogP contribution in [0.5, 0.6) is 0 Å². The number of aliphatic imine (C=N–C) groups is 1. The molecule has 3 aromatic carbocycles. The maximum atomic E-state index is 6.16. The third-order valence-electron chi connectivity index (χ3n) is 6.53. The summed E-state index contributed by atoms with van der Waals surface area (Å²) < 4.78 is 5.97. The largest absolute Gasteiger partial charge is 0.473 e. The van der Waals surface area contributed by atoms with Crippen LogP contribution in [0.4, 0.5) is 0 Å². The van der Waals surface area contributed by atoms with Crippen LogP contribution in [0.2, 0.25) is 5.02 Å². The molecule has 0 spiro atoms. The van der Waals surface area contributed by atoms with E-state index in [4.69, 9.17) is 21.3 Å². The Morgan fingerprint density at radius 1 is 0.935 bits per heavy atom. The van der Waals surface area contributed by atoms with E-state index in [1.54, 1.807) is 0 Å². The minimum Gasteiger partial charge on any atom is -0.473 e. The van der Waals surface area contributed by atoms with Crippen molar-refractivity contribution in [3.05, 3.63) is 95.0 Å². The maximum Gasteiger partial charge on any atom is 0.217 e. The highest BCUT2D eigenvalue weighted by Crippen LogP contribution is 2.51. The van der Waals surface area contributed by atoms with Crippen LogP contribution in [0.1, 0.15) is 37.3 Å². The summed E-state index contributed by atoms with van der Waals surface area (Å²) in [6.07, 6.45) is 3.77. The van der Waals surface area contributed by atoms with Crippen molar-refractivity contribution in [1.29, 1.82) is 0 Å². The van der Waals surface area contributed by atoms with Gasteiger partial charge in [0, 0.05) is 16.1 Å². The van der Waals surface area contributed by atoms with Gasteiger partial charge < -0.3 is 4.74 Å². The predicted molar refractivity (Wildman–Crippen MR) is 132 cm³/mol. The summed E-state index contributed by atoms with van der Waals surface area (Å²) in [5.41, 5.74) is 2.86. The number of fused-ring (bicyclic) bond motifs is 1. The Labute approximate surface area is 191 Å². The van der Waals surface area contributed by atoms with Crippen molar-refractivity contribution < 1.29 is 4.74 Å². The number of rotatable bonds is 5. The van der Waals surface area contributed by atoms with Crippen LogP contribution in [-0.2, 0) is 11.3 Å². The minimum absolute atomic E-state index is 0.224. The van der Waals surface area contributed by atoms with Gasteiger partial charge in [-0.2, -0.15) is 0 Å². The van der Waals surface area contributed by atoms with Crippen LogP contribution in [0.3, 0.4) is 0 Å². The van der Waals surface area contributed by atoms with E-state index in [2.05, 4.69) is 67.6 Å². The molecule has 0 bridgehead atoms. The second-order valence-corrected chi connectivity index (χ2v) is 11.3. The summed E-state index contributed by atoms with van der Waals surface area (Å²) in [4.78, 5) is 5.11. The second-order valence-electron chi connectivity index (χ2n) is 8.47. The molecule has 5 rings (SSSR count).